The minimum absolute atomic E-state index is 0.0809. The number of nitrogen functional groups attached to an aromatic ring is 1. The smallest absolute Gasteiger partial charge is 0.358 e. The Hall–Kier alpha value is -2.48. The van der Waals surface area contributed by atoms with Gasteiger partial charge in [-0.2, -0.15) is 10.1 Å². The molecular weight excluding hydrogens is 254 g/mol. The molecule has 8 heteroatoms. The van der Waals surface area contributed by atoms with Crippen molar-refractivity contribution in [1.29, 1.82) is 0 Å². The summed E-state index contributed by atoms with van der Waals surface area (Å²) < 4.78 is 1.26. The summed E-state index contributed by atoms with van der Waals surface area (Å²) >= 11 is 1.47. The van der Waals surface area contributed by atoms with Crippen LogP contribution >= 0.6 is 11.3 Å². The Morgan fingerprint density at radius 3 is 3.06 bits per heavy atom. The molecule has 3 aromatic heterocycles. The molecule has 3 heterocycles. The number of carboxylic acid groups (broad SMARTS) is 1. The predicted octanol–water partition coefficient (Wildman–Crippen LogP) is 1.16. The summed E-state index contributed by atoms with van der Waals surface area (Å²) in [5.41, 5.74) is 5.43. The molecule has 0 aliphatic rings. The van der Waals surface area contributed by atoms with E-state index in [1.165, 1.54) is 22.2 Å². The number of carboxylic acids is 1. The molecule has 0 aliphatic carbocycles. The van der Waals surface area contributed by atoms with Gasteiger partial charge >= 0.3 is 5.97 Å². The number of aromatic carboxylic acids is 1. The topological polar surface area (TPSA) is 107 Å². The van der Waals surface area contributed by atoms with Gasteiger partial charge in [-0.25, -0.2) is 14.5 Å². The Labute approximate surface area is 105 Å². The minimum Gasteiger partial charge on any atom is -0.476 e. The molecule has 0 saturated heterocycles. The fourth-order valence-electron chi connectivity index (χ4n) is 1.51. The van der Waals surface area contributed by atoms with Gasteiger partial charge in [0.1, 0.15) is 4.83 Å². The molecule has 3 aromatic rings. The molecule has 0 spiro atoms. The Bertz CT molecular complexity index is 748. The normalized spacial score (nSPS) is 10.9. The third-order valence-electron chi connectivity index (χ3n) is 2.34. The van der Waals surface area contributed by atoms with Gasteiger partial charge in [0, 0.05) is 11.6 Å². The summed E-state index contributed by atoms with van der Waals surface area (Å²) in [5.74, 6) is -0.882. The zero-order valence-corrected chi connectivity index (χ0v) is 9.76. The molecule has 0 amide bonds. The van der Waals surface area contributed by atoms with Crippen LogP contribution in [0, 0.1) is 0 Å². The number of hydrogen-bond acceptors (Lipinski definition) is 6. The largest absolute Gasteiger partial charge is 0.476 e. The quantitative estimate of drug-likeness (QED) is 0.716. The number of thiophene rings is 1. The summed E-state index contributed by atoms with van der Waals surface area (Å²) in [6.07, 6.45) is 3.05. The Morgan fingerprint density at radius 2 is 2.33 bits per heavy atom. The van der Waals surface area contributed by atoms with E-state index in [1.54, 1.807) is 6.20 Å². The van der Waals surface area contributed by atoms with Gasteiger partial charge in [-0.3, -0.25) is 0 Å². The molecule has 90 valence electrons. The Morgan fingerprint density at radius 1 is 1.50 bits per heavy atom. The predicted molar refractivity (Wildman–Crippen MR) is 65.9 cm³/mol. The van der Waals surface area contributed by atoms with Crippen LogP contribution in [0.25, 0.3) is 16.2 Å². The molecule has 3 N–H and O–H groups in total. The number of anilines is 1. The van der Waals surface area contributed by atoms with Gasteiger partial charge in [0.25, 0.3) is 5.95 Å². The molecule has 0 saturated carbocycles. The summed E-state index contributed by atoms with van der Waals surface area (Å²) in [7, 11) is 0. The van der Waals surface area contributed by atoms with Gasteiger partial charge in [-0.1, -0.05) is 0 Å². The molecule has 0 unspecified atom stereocenters. The first-order valence-electron chi connectivity index (χ1n) is 4.94. The molecule has 3 rings (SSSR count). The maximum atomic E-state index is 10.8. The van der Waals surface area contributed by atoms with Crippen molar-refractivity contribution >= 4 is 33.2 Å². The van der Waals surface area contributed by atoms with Crippen LogP contribution in [0.3, 0.4) is 0 Å². The second-order valence-corrected chi connectivity index (χ2v) is 4.43. The van der Waals surface area contributed by atoms with Crippen molar-refractivity contribution in [1.82, 2.24) is 19.7 Å². The molecule has 7 nitrogen and oxygen atoms in total. The van der Waals surface area contributed by atoms with Crippen LogP contribution < -0.4 is 5.73 Å². The van der Waals surface area contributed by atoms with Crippen LogP contribution in [-0.4, -0.2) is 30.8 Å². The molecule has 18 heavy (non-hydrogen) atoms. The number of carbonyl (C=O) groups is 1. The first-order valence-corrected chi connectivity index (χ1v) is 5.82. The molecular formula is C10H7N5O2S. The fraction of sp³-hybridized carbons (Fsp3) is 0. The second-order valence-electron chi connectivity index (χ2n) is 3.53. The maximum Gasteiger partial charge on any atom is 0.358 e. The van der Waals surface area contributed by atoms with Crippen LogP contribution in [-0.2, 0) is 0 Å². The van der Waals surface area contributed by atoms with Crippen LogP contribution in [0.15, 0.2) is 23.8 Å². The van der Waals surface area contributed by atoms with Gasteiger partial charge in [-0.15, -0.1) is 11.3 Å². The van der Waals surface area contributed by atoms with Gasteiger partial charge in [0.05, 0.1) is 11.9 Å². The highest BCUT2D eigenvalue weighted by atomic mass is 32.1. The number of fused-ring (bicyclic) bond motifs is 1. The van der Waals surface area contributed by atoms with E-state index in [9.17, 15) is 4.79 Å². The lowest BCUT2D eigenvalue weighted by molar-refractivity contribution is 0.0691. The van der Waals surface area contributed by atoms with Gasteiger partial charge in [-0.05, 0) is 11.4 Å². The van der Waals surface area contributed by atoms with Gasteiger partial charge in [0.15, 0.2) is 5.69 Å². The highest BCUT2D eigenvalue weighted by Crippen LogP contribution is 2.19. The summed E-state index contributed by atoms with van der Waals surface area (Å²) in [5, 5.41) is 15.6. The number of nitrogens with two attached hydrogens (primary N) is 1. The van der Waals surface area contributed by atoms with E-state index < -0.39 is 5.97 Å². The van der Waals surface area contributed by atoms with Crippen molar-refractivity contribution in [2.75, 3.05) is 5.73 Å². The highest BCUT2D eigenvalue weighted by molar-refractivity contribution is 7.16. The molecule has 0 atom stereocenters. The highest BCUT2D eigenvalue weighted by Gasteiger charge is 2.15. The molecule has 0 radical (unpaired) electrons. The van der Waals surface area contributed by atoms with Crippen molar-refractivity contribution in [3.63, 3.8) is 0 Å². The zero-order valence-electron chi connectivity index (χ0n) is 8.94. The van der Waals surface area contributed by atoms with E-state index in [0.717, 1.165) is 10.2 Å². The van der Waals surface area contributed by atoms with Crippen molar-refractivity contribution in [3.8, 4) is 5.95 Å². The molecule has 0 aromatic carbocycles. The average Bonchev–Trinajstić information content (AvgIpc) is 2.93. The zero-order chi connectivity index (χ0) is 12.7. The van der Waals surface area contributed by atoms with Crippen molar-refractivity contribution in [3.05, 3.63) is 29.5 Å². The lowest BCUT2D eigenvalue weighted by Gasteiger charge is -1.97. The van der Waals surface area contributed by atoms with Gasteiger partial charge in [0.2, 0.25) is 0 Å². The van der Waals surface area contributed by atoms with Crippen LogP contribution in [0.5, 0.6) is 0 Å². The maximum absolute atomic E-state index is 10.8. The first kappa shape index (κ1) is 10.7. The average molecular weight is 261 g/mol. The van der Waals surface area contributed by atoms with Crippen molar-refractivity contribution in [2.24, 2.45) is 0 Å². The van der Waals surface area contributed by atoms with Crippen LogP contribution in [0.1, 0.15) is 10.5 Å². The van der Waals surface area contributed by atoms with E-state index in [4.69, 9.17) is 10.8 Å². The van der Waals surface area contributed by atoms with E-state index in [2.05, 4.69) is 15.1 Å². The third-order valence-corrected chi connectivity index (χ3v) is 3.17. The summed E-state index contributed by atoms with van der Waals surface area (Å²) in [6.45, 7) is 0. The summed E-state index contributed by atoms with van der Waals surface area (Å²) in [4.78, 5) is 20.0. The van der Waals surface area contributed by atoms with Crippen molar-refractivity contribution < 1.29 is 9.90 Å². The lowest BCUT2D eigenvalue weighted by Crippen LogP contribution is -2.04. The second kappa shape index (κ2) is 3.77. The van der Waals surface area contributed by atoms with E-state index in [1.807, 2.05) is 11.4 Å². The van der Waals surface area contributed by atoms with E-state index >= 15 is 0 Å². The molecule has 0 aliphatic heterocycles. The van der Waals surface area contributed by atoms with Crippen LogP contribution in [0.4, 0.5) is 5.69 Å². The number of nitrogens with zero attached hydrogens (tertiary/aromatic N) is 4. The Kier molecular flexibility index (Phi) is 2.23. The number of aromatic nitrogens is 4. The van der Waals surface area contributed by atoms with Gasteiger partial charge < -0.3 is 10.8 Å². The minimum atomic E-state index is -1.18. The van der Waals surface area contributed by atoms with Crippen molar-refractivity contribution in [2.45, 2.75) is 0 Å². The third kappa shape index (κ3) is 1.59. The Balaban J connectivity index is 2.13. The lowest BCUT2D eigenvalue weighted by atomic mass is 10.4. The van der Waals surface area contributed by atoms with E-state index in [-0.39, 0.29) is 11.4 Å². The van der Waals surface area contributed by atoms with Crippen LogP contribution in [0.2, 0.25) is 0 Å². The summed E-state index contributed by atoms with van der Waals surface area (Å²) in [6, 6.07) is 1.91. The monoisotopic (exact) mass is 261 g/mol. The SMILES string of the molecule is Nc1cn(-c2ncc3ccsc3n2)nc1C(=O)O. The number of hydrogen-bond donors (Lipinski definition) is 2. The number of rotatable bonds is 2. The molecule has 0 bridgehead atoms. The molecule has 0 fully saturated rings. The first-order chi connectivity index (χ1) is 8.65. The van der Waals surface area contributed by atoms with E-state index in [0.29, 0.717) is 5.95 Å². The fourth-order valence-corrected chi connectivity index (χ4v) is 2.25. The standard InChI is InChI=1S/C10H7N5O2S/c11-6-4-15(14-7(6)9(16)17)10-12-3-5-1-2-18-8(5)13-10/h1-4H,11H2,(H,16,17).